The third-order valence-corrected chi connectivity index (χ3v) is 4.87. The number of carbonyl (C=O) groups is 1. The van der Waals surface area contributed by atoms with Crippen LogP contribution in [0.15, 0.2) is 54.6 Å². The van der Waals surface area contributed by atoms with Crippen LogP contribution < -0.4 is 11.1 Å². The van der Waals surface area contributed by atoms with E-state index in [0.29, 0.717) is 18.2 Å². The van der Waals surface area contributed by atoms with E-state index in [1.54, 1.807) is 4.68 Å². The van der Waals surface area contributed by atoms with Gasteiger partial charge in [-0.1, -0.05) is 61.5 Å². The molecule has 29 heavy (non-hydrogen) atoms. The number of nitrogens with two attached hydrogens (primary N) is 1. The van der Waals surface area contributed by atoms with Crippen molar-refractivity contribution >= 4 is 18.3 Å². The monoisotopic (exact) mass is 413 g/mol. The molecule has 0 spiro atoms. The molecule has 1 unspecified atom stereocenters. The summed E-state index contributed by atoms with van der Waals surface area (Å²) in [6.07, 6.45) is 0.178. The largest absolute Gasteiger partial charge is 0.354 e. The zero-order valence-corrected chi connectivity index (χ0v) is 17.8. The SMILES string of the molecule is Cc1c(CC(=O)NCC(N)c2ccc(C(C)C)cc2)nnn1-c1ccccc1.Cl. The molecule has 0 bridgehead atoms. The van der Waals surface area contributed by atoms with Crippen LogP contribution in [0.3, 0.4) is 0 Å². The minimum Gasteiger partial charge on any atom is -0.354 e. The topological polar surface area (TPSA) is 85.8 Å². The lowest BCUT2D eigenvalue weighted by Gasteiger charge is -2.14. The summed E-state index contributed by atoms with van der Waals surface area (Å²) >= 11 is 0. The number of hydrogen-bond donors (Lipinski definition) is 2. The summed E-state index contributed by atoms with van der Waals surface area (Å²) in [5, 5.41) is 11.2. The fourth-order valence-corrected chi connectivity index (χ4v) is 3.02. The number of rotatable bonds is 7. The number of hydrogen-bond acceptors (Lipinski definition) is 4. The molecule has 1 amide bonds. The summed E-state index contributed by atoms with van der Waals surface area (Å²) in [4.78, 5) is 12.3. The van der Waals surface area contributed by atoms with Crippen molar-refractivity contribution in [2.75, 3.05) is 6.54 Å². The molecule has 3 rings (SSSR count). The van der Waals surface area contributed by atoms with E-state index in [1.807, 2.05) is 49.4 Å². The molecule has 0 saturated heterocycles. The zero-order chi connectivity index (χ0) is 20.1. The lowest BCUT2D eigenvalue weighted by atomic mass is 9.99. The van der Waals surface area contributed by atoms with Crippen LogP contribution in [0, 0.1) is 6.92 Å². The highest BCUT2D eigenvalue weighted by Crippen LogP contribution is 2.17. The number of carbonyl (C=O) groups excluding carboxylic acids is 1. The van der Waals surface area contributed by atoms with E-state index in [2.05, 4.69) is 41.6 Å². The van der Waals surface area contributed by atoms with Gasteiger partial charge in [-0.25, -0.2) is 4.68 Å². The summed E-state index contributed by atoms with van der Waals surface area (Å²) in [5.41, 5.74) is 11.0. The number of nitrogens with zero attached hydrogens (tertiary/aromatic N) is 3. The molecule has 0 radical (unpaired) electrons. The molecule has 0 aliphatic rings. The molecule has 3 aromatic rings. The van der Waals surface area contributed by atoms with Gasteiger partial charge in [0.1, 0.15) is 0 Å². The first-order chi connectivity index (χ1) is 13.5. The lowest BCUT2D eigenvalue weighted by Crippen LogP contribution is -2.33. The zero-order valence-electron chi connectivity index (χ0n) is 17.0. The van der Waals surface area contributed by atoms with E-state index in [1.165, 1.54) is 5.56 Å². The van der Waals surface area contributed by atoms with Crippen molar-refractivity contribution in [2.24, 2.45) is 5.73 Å². The van der Waals surface area contributed by atoms with Gasteiger partial charge >= 0.3 is 0 Å². The highest BCUT2D eigenvalue weighted by Gasteiger charge is 2.15. The molecule has 1 heterocycles. The highest BCUT2D eigenvalue weighted by atomic mass is 35.5. The highest BCUT2D eigenvalue weighted by molar-refractivity contribution is 5.85. The molecule has 7 heteroatoms. The smallest absolute Gasteiger partial charge is 0.226 e. The van der Waals surface area contributed by atoms with E-state index in [9.17, 15) is 4.79 Å². The average molecular weight is 414 g/mol. The Morgan fingerprint density at radius 3 is 2.31 bits per heavy atom. The van der Waals surface area contributed by atoms with E-state index in [4.69, 9.17) is 5.73 Å². The summed E-state index contributed by atoms with van der Waals surface area (Å²) in [7, 11) is 0. The summed E-state index contributed by atoms with van der Waals surface area (Å²) in [5.74, 6) is 0.370. The van der Waals surface area contributed by atoms with E-state index >= 15 is 0 Å². The lowest BCUT2D eigenvalue weighted by molar-refractivity contribution is -0.120. The van der Waals surface area contributed by atoms with Crippen LogP contribution in [0.5, 0.6) is 0 Å². The molecule has 2 aromatic carbocycles. The third kappa shape index (κ3) is 5.65. The third-order valence-electron chi connectivity index (χ3n) is 4.87. The summed E-state index contributed by atoms with van der Waals surface area (Å²) < 4.78 is 1.74. The molecule has 0 fully saturated rings. The Morgan fingerprint density at radius 1 is 1.07 bits per heavy atom. The second kappa shape index (κ2) is 10.2. The normalized spacial score (nSPS) is 11.8. The van der Waals surface area contributed by atoms with Gasteiger partial charge in [0.15, 0.2) is 0 Å². The second-order valence-electron chi connectivity index (χ2n) is 7.28. The maximum atomic E-state index is 12.3. The molecule has 154 valence electrons. The molecule has 3 N–H and O–H groups in total. The fourth-order valence-electron chi connectivity index (χ4n) is 3.02. The number of para-hydroxylation sites is 1. The number of aromatic nitrogens is 3. The van der Waals surface area contributed by atoms with Gasteiger partial charge in [-0.15, -0.1) is 17.5 Å². The maximum Gasteiger partial charge on any atom is 0.226 e. The van der Waals surface area contributed by atoms with Gasteiger partial charge in [0, 0.05) is 12.6 Å². The Balaban J connectivity index is 0.00000300. The van der Waals surface area contributed by atoms with Gasteiger partial charge in [0.2, 0.25) is 5.91 Å². The molecular formula is C22H28ClN5O. The van der Waals surface area contributed by atoms with Gasteiger partial charge in [0.25, 0.3) is 0 Å². The Morgan fingerprint density at radius 2 is 1.69 bits per heavy atom. The van der Waals surface area contributed by atoms with Gasteiger partial charge < -0.3 is 11.1 Å². The van der Waals surface area contributed by atoms with Crippen molar-refractivity contribution in [2.45, 2.75) is 39.2 Å². The fraction of sp³-hybridized carbons (Fsp3) is 0.318. The molecule has 0 saturated carbocycles. The van der Waals surface area contributed by atoms with Crippen molar-refractivity contribution in [3.8, 4) is 5.69 Å². The molecule has 0 aliphatic carbocycles. The first-order valence-corrected chi connectivity index (χ1v) is 9.54. The number of halogens is 1. The maximum absolute atomic E-state index is 12.3. The first kappa shape index (κ1) is 22.6. The molecule has 1 atom stereocenters. The Bertz CT molecular complexity index is 922. The van der Waals surface area contributed by atoms with Crippen LogP contribution in [0.1, 0.15) is 48.3 Å². The van der Waals surface area contributed by atoms with Crippen molar-refractivity contribution in [1.29, 1.82) is 0 Å². The predicted molar refractivity (Wildman–Crippen MR) is 118 cm³/mol. The van der Waals surface area contributed by atoms with Crippen LogP contribution in [-0.2, 0) is 11.2 Å². The molecular weight excluding hydrogens is 386 g/mol. The van der Waals surface area contributed by atoms with Crippen LogP contribution >= 0.6 is 12.4 Å². The molecule has 0 aliphatic heterocycles. The number of benzene rings is 2. The average Bonchev–Trinajstić information content (AvgIpc) is 3.07. The summed E-state index contributed by atoms with van der Waals surface area (Å²) in [6, 6.07) is 17.7. The molecule has 6 nitrogen and oxygen atoms in total. The Kier molecular flexibility index (Phi) is 7.93. The minimum absolute atomic E-state index is 0. The van der Waals surface area contributed by atoms with Crippen molar-refractivity contribution in [3.05, 3.63) is 77.1 Å². The van der Waals surface area contributed by atoms with E-state index in [-0.39, 0.29) is 30.8 Å². The predicted octanol–water partition coefficient (Wildman–Crippen LogP) is 3.48. The Hall–Kier alpha value is -2.70. The van der Waals surface area contributed by atoms with Gasteiger partial charge in [0.05, 0.1) is 23.5 Å². The van der Waals surface area contributed by atoms with Crippen molar-refractivity contribution < 1.29 is 4.79 Å². The summed E-state index contributed by atoms with van der Waals surface area (Å²) in [6.45, 7) is 6.61. The van der Waals surface area contributed by atoms with Crippen LogP contribution in [-0.4, -0.2) is 27.4 Å². The van der Waals surface area contributed by atoms with Crippen molar-refractivity contribution in [1.82, 2.24) is 20.3 Å². The standard InChI is InChI=1S/C22H27N5O.ClH/c1-15(2)17-9-11-18(12-10-17)20(23)14-24-22(28)13-21-16(3)27(26-25-21)19-7-5-4-6-8-19;/h4-12,15,20H,13-14,23H2,1-3H3,(H,24,28);1H. The van der Waals surface area contributed by atoms with Gasteiger partial charge in [-0.3, -0.25) is 4.79 Å². The van der Waals surface area contributed by atoms with Gasteiger partial charge in [-0.05, 0) is 36.1 Å². The van der Waals surface area contributed by atoms with Crippen LogP contribution in [0.2, 0.25) is 0 Å². The van der Waals surface area contributed by atoms with Crippen LogP contribution in [0.4, 0.5) is 0 Å². The van der Waals surface area contributed by atoms with Crippen LogP contribution in [0.25, 0.3) is 5.69 Å². The second-order valence-corrected chi connectivity index (χ2v) is 7.28. The van der Waals surface area contributed by atoms with E-state index < -0.39 is 0 Å². The number of amides is 1. The number of nitrogens with one attached hydrogen (secondary N) is 1. The molecule has 1 aromatic heterocycles. The van der Waals surface area contributed by atoms with Crippen molar-refractivity contribution in [3.63, 3.8) is 0 Å². The first-order valence-electron chi connectivity index (χ1n) is 9.54. The van der Waals surface area contributed by atoms with Gasteiger partial charge in [-0.2, -0.15) is 0 Å². The quantitative estimate of drug-likeness (QED) is 0.620. The Labute approximate surface area is 177 Å². The van der Waals surface area contributed by atoms with E-state index in [0.717, 1.165) is 16.9 Å². The minimum atomic E-state index is -0.244.